The Bertz CT molecular complexity index is 462. The fourth-order valence-corrected chi connectivity index (χ4v) is 1.45. The number of nitro groups is 1. The van der Waals surface area contributed by atoms with Gasteiger partial charge in [0, 0.05) is 0 Å². The van der Waals surface area contributed by atoms with E-state index in [1.807, 2.05) is 0 Å². The Hall–Kier alpha value is -1.73. The molecular formula is C10H12ClN3O4. The van der Waals surface area contributed by atoms with E-state index in [2.05, 4.69) is 10.3 Å². The second kappa shape index (κ2) is 6.27. The molecule has 1 rings (SSSR count). The molecule has 0 aliphatic heterocycles. The topological polar surface area (TPSA) is 105 Å². The van der Waals surface area contributed by atoms with Gasteiger partial charge < -0.3 is 10.4 Å². The van der Waals surface area contributed by atoms with Gasteiger partial charge >= 0.3 is 0 Å². The Balaban J connectivity index is 3.03. The maximum absolute atomic E-state index is 11.8. The van der Waals surface area contributed by atoms with E-state index in [1.54, 1.807) is 6.92 Å². The largest absolute Gasteiger partial charge is 0.394 e. The third-order valence-electron chi connectivity index (χ3n) is 2.34. The van der Waals surface area contributed by atoms with Crippen molar-refractivity contribution in [2.24, 2.45) is 0 Å². The highest BCUT2D eigenvalue weighted by atomic mass is 35.5. The quantitative estimate of drug-likeness (QED) is 0.475. The van der Waals surface area contributed by atoms with Crippen LogP contribution in [-0.2, 0) is 0 Å². The molecule has 7 nitrogen and oxygen atoms in total. The molecular weight excluding hydrogens is 262 g/mol. The average Bonchev–Trinajstić information content (AvgIpc) is 2.35. The number of nitrogens with one attached hydrogen (secondary N) is 1. The Labute approximate surface area is 108 Å². The van der Waals surface area contributed by atoms with Crippen LogP contribution in [-0.4, -0.2) is 33.6 Å². The summed E-state index contributed by atoms with van der Waals surface area (Å²) in [5.74, 6) is -0.660. The van der Waals surface area contributed by atoms with Crippen molar-refractivity contribution in [3.8, 4) is 0 Å². The summed E-state index contributed by atoms with van der Waals surface area (Å²) in [5, 5.41) is 22.2. The van der Waals surface area contributed by atoms with Crippen LogP contribution >= 0.6 is 11.6 Å². The number of aliphatic hydroxyl groups excluding tert-OH is 1. The second-order valence-electron chi connectivity index (χ2n) is 3.54. The van der Waals surface area contributed by atoms with Crippen molar-refractivity contribution in [3.05, 3.63) is 33.1 Å². The number of rotatable bonds is 5. The molecule has 98 valence electrons. The molecule has 0 aromatic carbocycles. The van der Waals surface area contributed by atoms with Gasteiger partial charge in [0.25, 0.3) is 11.6 Å². The molecule has 0 bridgehead atoms. The molecule has 0 spiro atoms. The zero-order chi connectivity index (χ0) is 13.7. The predicted molar refractivity (Wildman–Crippen MR) is 64.5 cm³/mol. The third-order valence-corrected chi connectivity index (χ3v) is 2.55. The van der Waals surface area contributed by atoms with Gasteiger partial charge in [-0.3, -0.25) is 14.9 Å². The number of hydrogen-bond donors (Lipinski definition) is 2. The lowest BCUT2D eigenvalue weighted by atomic mass is 10.2. The lowest BCUT2D eigenvalue weighted by molar-refractivity contribution is -0.385. The number of pyridine rings is 1. The molecule has 1 amide bonds. The van der Waals surface area contributed by atoms with Crippen LogP contribution < -0.4 is 5.32 Å². The zero-order valence-electron chi connectivity index (χ0n) is 9.59. The van der Waals surface area contributed by atoms with E-state index >= 15 is 0 Å². The molecule has 0 aliphatic rings. The first-order valence-electron chi connectivity index (χ1n) is 5.21. The minimum absolute atomic E-state index is 0.0113. The Morgan fingerprint density at radius 3 is 2.89 bits per heavy atom. The molecule has 0 saturated heterocycles. The lowest BCUT2D eigenvalue weighted by Gasteiger charge is -2.13. The molecule has 0 unspecified atom stereocenters. The molecule has 1 heterocycles. The van der Waals surface area contributed by atoms with Gasteiger partial charge in [0.05, 0.1) is 17.6 Å². The number of nitrogens with zero attached hydrogens (tertiary/aromatic N) is 2. The Morgan fingerprint density at radius 1 is 1.72 bits per heavy atom. The molecule has 0 aliphatic carbocycles. The summed E-state index contributed by atoms with van der Waals surface area (Å²) in [6, 6.07) is 0.670. The summed E-state index contributed by atoms with van der Waals surface area (Å²) in [5.41, 5.74) is -0.600. The van der Waals surface area contributed by atoms with Crippen molar-refractivity contribution in [1.29, 1.82) is 0 Å². The molecule has 18 heavy (non-hydrogen) atoms. The minimum atomic E-state index is -0.710. The molecule has 0 saturated carbocycles. The number of halogens is 1. The highest BCUT2D eigenvalue weighted by Crippen LogP contribution is 2.20. The monoisotopic (exact) mass is 273 g/mol. The van der Waals surface area contributed by atoms with Gasteiger partial charge in [-0.05, 0) is 12.5 Å². The van der Waals surface area contributed by atoms with E-state index in [1.165, 1.54) is 0 Å². The van der Waals surface area contributed by atoms with E-state index in [0.29, 0.717) is 6.42 Å². The Kier molecular flexibility index (Phi) is 4.99. The zero-order valence-corrected chi connectivity index (χ0v) is 10.3. The highest BCUT2D eigenvalue weighted by Gasteiger charge is 2.22. The Morgan fingerprint density at radius 2 is 2.39 bits per heavy atom. The summed E-state index contributed by atoms with van der Waals surface area (Å²) in [7, 11) is 0. The SMILES string of the molecule is CC[C@H](CO)NC(=O)c1cc(Cl)ncc1[N+](=O)[O-]. The normalized spacial score (nSPS) is 11.9. The van der Waals surface area contributed by atoms with E-state index in [4.69, 9.17) is 16.7 Å². The summed E-state index contributed by atoms with van der Waals surface area (Å²) in [6.45, 7) is 1.53. The van der Waals surface area contributed by atoms with Crippen LogP contribution in [0.25, 0.3) is 0 Å². The number of hydrogen-bond acceptors (Lipinski definition) is 5. The van der Waals surface area contributed by atoms with Crippen LogP contribution in [0.2, 0.25) is 5.15 Å². The van der Waals surface area contributed by atoms with Crippen LogP contribution in [0.4, 0.5) is 5.69 Å². The van der Waals surface area contributed by atoms with Crippen LogP contribution in [0.1, 0.15) is 23.7 Å². The lowest BCUT2D eigenvalue weighted by Crippen LogP contribution is -2.37. The number of aromatic nitrogens is 1. The van der Waals surface area contributed by atoms with Gasteiger partial charge in [0.2, 0.25) is 0 Å². The van der Waals surface area contributed by atoms with Gasteiger partial charge in [-0.1, -0.05) is 18.5 Å². The summed E-state index contributed by atoms with van der Waals surface area (Å²) in [4.78, 5) is 25.4. The number of carbonyl (C=O) groups is 1. The number of carbonyl (C=O) groups excluding carboxylic acids is 1. The third kappa shape index (κ3) is 3.38. The molecule has 0 fully saturated rings. The van der Waals surface area contributed by atoms with E-state index in [9.17, 15) is 14.9 Å². The maximum Gasteiger partial charge on any atom is 0.300 e. The van der Waals surface area contributed by atoms with E-state index in [-0.39, 0.29) is 17.3 Å². The van der Waals surface area contributed by atoms with E-state index < -0.39 is 22.6 Å². The first kappa shape index (κ1) is 14.3. The van der Waals surface area contributed by atoms with Crippen molar-refractivity contribution in [2.45, 2.75) is 19.4 Å². The van der Waals surface area contributed by atoms with Gasteiger partial charge in [-0.15, -0.1) is 0 Å². The van der Waals surface area contributed by atoms with Crippen molar-refractivity contribution < 1.29 is 14.8 Å². The van der Waals surface area contributed by atoms with Gasteiger partial charge in [0.15, 0.2) is 0 Å². The molecule has 1 aromatic rings. The van der Waals surface area contributed by atoms with Crippen LogP contribution in [0.3, 0.4) is 0 Å². The van der Waals surface area contributed by atoms with Crippen LogP contribution in [0.15, 0.2) is 12.3 Å². The minimum Gasteiger partial charge on any atom is -0.394 e. The molecule has 1 atom stereocenters. The van der Waals surface area contributed by atoms with Gasteiger partial charge in [0.1, 0.15) is 16.9 Å². The summed E-state index contributed by atoms with van der Waals surface area (Å²) in [6.07, 6.45) is 1.44. The smallest absolute Gasteiger partial charge is 0.300 e. The molecule has 2 N–H and O–H groups in total. The second-order valence-corrected chi connectivity index (χ2v) is 3.93. The fraction of sp³-hybridized carbons (Fsp3) is 0.400. The number of amides is 1. The van der Waals surface area contributed by atoms with Crippen molar-refractivity contribution in [3.63, 3.8) is 0 Å². The maximum atomic E-state index is 11.8. The summed E-state index contributed by atoms with van der Waals surface area (Å²) >= 11 is 5.61. The molecule has 0 radical (unpaired) electrons. The summed E-state index contributed by atoms with van der Waals surface area (Å²) < 4.78 is 0. The van der Waals surface area contributed by atoms with Crippen molar-refractivity contribution in [1.82, 2.24) is 10.3 Å². The molecule has 1 aromatic heterocycles. The van der Waals surface area contributed by atoms with Crippen molar-refractivity contribution >= 4 is 23.2 Å². The van der Waals surface area contributed by atoms with E-state index in [0.717, 1.165) is 12.3 Å². The van der Waals surface area contributed by atoms with Crippen molar-refractivity contribution in [2.75, 3.05) is 6.61 Å². The number of aliphatic hydroxyl groups is 1. The highest BCUT2D eigenvalue weighted by molar-refractivity contribution is 6.29. The standard InChI is InChI=1S/C10H12ClN3O4/c1-2-6(5-15)13-10(16)7-3-9(11)12-4-8(7)14(17)18/h3-4,6,15H,2,5H2,1H3,(H,13,16)/t6-/m1/s1. The predicted octanol–water partition coefficient (Wildman–Crippen LogP) is 1.14. The fourth-order valence-electron chi connectivity index (χ4n) is 1.29. The van der Waals surface area contributed by atoms with Crippen LogP contribution in [0.5, 0.6) is 0 Å². The first-order chi connectivity index (χ1) is 8.49. The molecule has 8 heteroatoms. The first-order valence-corrected chi connectivity index (χ1v) is 5.59. The average molecular weight is 274 g/mol. The van der Waals surface area contributed by atoms with Gasteiger partial charge in [-0.2, -0.15) is 0 Å². The van der Waals surface area contributed by atoms with Gasteiger partial charge in [-0.25, -0.2) is 4.98 Å². The van der Waals surface area contributed by atoms with Crippen LogP contribution in [0, 0.1) is 10.1 Å².